The second-order valence-corrected chi connectivity index (χ2v) is 6.19. The van der Waals surface area contributed by atoms with Crippen LogP contribution in [-0.4, -0.2) is 15.5 Å². The van der Waals surface area contributed by atoms with Gasteiger partial charge < -0.3 is 9.88 Å². The minimum Gasteiger partial charge on any atom is -0.345 e. The standard InChI is InChI=1S/C17H18F3N3O/c1-12(23-9-8-21-11-23)15(24)22-16(6-3-7-16)13-4-2-5-14(10-13)17(18,19)20/h2,4-5,8-12H,3,6-7H2,1H3,(H,22,24)/t12-/m1/s1. The maximum absolute atomic E-state index is 13.0. The largest absolute Gasteiger partial charge is 0.416 e. The quantitative estimate of drug-likeness (QED) is 0.925. The number of benzene rings is 1. The third-order valence-electron chi connectivity index (χ3n) is 4.66. The fraction of sp³-hybridized carbons (Fsp3) is 0.412. The smallest absolute Gasteiger partial charge is 0.345 e. The molecule has 1 aromatic carbocycles. The van der Waals surface area contributed by atoms with Gasteiger partial charge in [-0.05, 0) is 43.9 Å². The molecule has 0 radical (unpaired) electrons. The number of halogens is 3. The third-order valence-corrected chi connectivity index (χ3v) is 4.66. The van der Waals surface area contributed by atoms with Crippen LogP contribution in [0.1, 0.15) is 43.4 Å². The first kappa shape index (κ1) is 16.5. The SMILES string of the molecule is C[C@H](C(=O)NC1(c2cccc(C(F)(F)F)c2)CCC1)n1ccnc1. The van der Waals surface area contributed by atoms with Crippen molar-refractivity contribution in [3.8, 4) is 0 Å². The van der Waals surface area contributed by atoms with Crippen LogP contribution in [0.3, 0.4) is 0 Å². The van der Waals surface area contributed by atoms with Crippen LogP contribution in [0.2, 0.25) is 0 Å². The van der Waals surface area contributed by atoms with E-state index in [9.17, 15) is 18.0 Å². The summed E-state index contributed by atoms with van der Waals surface area (Å²) in [5, 5.41) is 2.96. The molecule has 1 aliphatic rings. The van der Waals surface area contributed by atoms with Crippen molar-refractivity contribution >= 4 is 5.91 Å². The molecule has 1 aliphatic carbocycles. The van der Waals surface area contributed by atoms with E-state index in [-0.39, 0.29) is 5.91 Å². The number of nitrogens with zero attached hydrogens (tertiary/aromatic N) is 2. The molecule has 1 amide bonds. The van der Waals surface area contributed by atoms with Gasteiger partial charge >= 0.3 is 6.18 Å². The number of hydrogen-bond acceptors (Lipinski definition) is 2. The molecular weight excluding hydrogens is 319 g/mol. The Morgan fingerprint density at radius 2 is 2.12 bits per heavy atom. The van der Waals surface area contributed by atoms with Gasteiger partial charge in [-0.25, -0.2) is 4.98 Å². The first-order valence-corrected chi connectivity index (χ1v) is 7.79. The van der Waals surface area contributed by atoms with E-state index in [1.807, 2.05) is 0 Å². The van der Waals surface area contributed by atoms with Crippen LogP contribution in [0.5, 0.6) is 0 Å². The Balaban J connectivity index is 1.84. The van der Waals surface area contributed by atoms with Gasteiger partial charge in [0.1, 0.15) is 6.04 Å². The molecule has 4 nitrogen and oxygen atoms in total. The number of carbonyl (C=O) groups excluding carboxylic acids is 1. The summed E-state index contributed by atoms with van der Waals surface area (Å²) in [6.45, 7) is 1.73. The predicted octanol–water partition coefficient (Wildman–Crippen LogP) is 3.66. The summed E-state index contributed by atoms with van der Waals surface area (Å²) >= 11 is 0. The van der Waals surface area contributed by atoms with Crippen molar-refractivity contribution in [1.29, 1.82) is 0 Å². The zero-order valence-electron chi connectivity index (χ0n) is 13.2. The maximum Gasteiger partial charge on any atom is 0.416 e. The van der Waals surface area contributed by atoms with E-state index < -0.39 is 23.3 Å². The highest BCUT2D eigenvalue weighted by molar-refractivity contribution is 5.81. The fourth-order valence-electron chi connectivity index (χ4n) is 2.98. The second-order valence-electron chi connectivity index (χ2n) is 6.19. The monoisotopic (exact) mass is 337 g/mol. The van der Waals surface area contributed by atoms with Crippen LogP contribution in [0, 0.1) is 0 Å². The molecular formula is C17H18F3N3O. The first-order chi connectivity index (χ1) is 11.3. The highest BCUT2D eigenvalue weighted by Gasteiger charge is 2.42. The molecule has 7 heteroatoms. The zero-order chi connectivity index (χ0) is 17.4. The molecule has 1 atom stereocenters. The van der Waals surface area contributed by atoms with Crippen molar-refractivity contribution in [2.24, 2.45) is 0 Å². The van der Waals surface area contributed by atoms with Crippen molar-refractivity contribution in [3.05, 3.63) is 54.1 Å². The van der Waals surface area contributed by atoms with Crippen molar-refractivity contribution in [2.45, 2.75) is 43.9 Å². The lowest BCUT2D eigenvalue weighted by atomic mass is 9.71. The Hall–Kier alpha value is -2.31. The average Bonchev–Trinajstić information content (AvgIpc) is 3.03. The molecule has 24 heavy (non-hydrogen) atoms. The summed E-state index contributed by atoms with van der Waals surface area (Å²) in [6, 6.07) is 4.75. The lowest BCUT2D eigenvalue weighted by Crippen LogP contribution is -2.52. The molecule has 1 N–H and O–H groups in total. The summed E-state index contributed by atoms with van der Waals surface area (Å²) in [5.41, 5.74) is -0.898. The van der Waals surface area contributed by atoms with E-state index in [4.69, 9.17) is 0 Å². The van der Waals surface area contributed by atoms with E-state index in [2.05, 4.69) is 10.3 Å². The Morgan fingerprint density at radius 3 is 2.67 bits per heavy atom. The number of nitrogens with one attached hydrogen (secondary N) is 1. The molecule has 0 spiro atoms. The molecule has 0 bridgehead atoms. The molecule has 1 aromatic heterocycles. The molecule has 1 fully saturated rings. The van der Waals surface area contributed by atoms with Crippen LogP contribution >= 0.6 is 0 Å². The minimum atomic E-state index is -4.39. The topological polar surface area (TPSA) is 46.9 Å². The lowest BCUT2D eigenvalue weighted by Gasteiger charge is -2.44. The van der Waals surface area contributed by atoms with Crippen molar-refractivity contribution in [2.75, 3.05) is 0 Å². The van der Waals surface area contributed by atoms with Crippen LogP contribution in [0.25, 0.3) is 0 Å². The predicted molar refractivity (Wildman–Crippen MR) is 82.1 cm³/mol. The van der Waals surface area contributed by atoms with Gasteiger partial charge in [-0.2, -0.15) is 13.2 Å². The maximum atomic E-state index is 13.0. The Kier molecular flexibility index (Phi) is 4.11. The number of alkyl halides is 3. The van der Waals surface area contributed by atoms with E-state index in [1.54, 1.807) is 36.3 Å². The number of carbonyl (C=O) groups is 1. The van der Waals surface area contributed by atoms with E-state index >= 15 is 0 Å². The summed E-state index contributed by atoms with van der Waals surface area (Å²) in [5.74, 6) is -0.231. The van der Waals surface area contributed by atoms with Crippen LogP contribution in [0.4, 0.5) is 13.2 Å². The molecule has 1 saturated carbocycles. The lowest BCUT2D eigenvalue weighted by molar-refractivity contribution is -0.137. The number of rotatable bonds is 4. The molecule has 2 aromatic rings. The van der Waals surface area contributed by atoms with Gasteiger partial charge in [-0.1, -0.05) is 12.1 Å². The van der Waals surface area contributed by atoms with E-state index in [0.717, 1.165) is 18.6 Å². The zero-order valence-corrected chi connectivity index (χ0v) is 13.2. The van der Waals surface area contributed by atoms with Crippen molar-refractivity contribution in [3.63, 3.8) is 0 Å². The molecule has 0 unspecified atom stereocenters. The van der Waals surface area contributed by atoms with E-state index in [1.165, 1.54) is 6.07 Å². The fourth-order valence-corrected chi connectivity index (χ4v) is 2.98. The van der Waals surface area contributed by atoms with Gasteiger partial charge in [0, 0.05) is 12.4 Å². The van der Waals surface area contributed by atoms with Gasteiger partial charge in [-0.15, -0.1) is 0 Å². The Bertz CT molecular complexity index is 721. The highest BCUT2D eigenvalue weighted by Crippen LogP contribution is 2.43. The normalized spacial score (nSPS) is 17.8. The van der Waals surface area contributed by atoms with Gasteiger partial charge in [0.05, 0.1) is 17.4 Å². The average molecular weight is 337 g/mol. The third kappa shape index (κ3) is 3.02. The number of imidazole rings is 1. The van der Waals surface area contributed by atoms with Gasteiger partial charge in [0.2, 0.25) is 5.91 Å². The summed E-state index contributed by atoms with van der Waals surface area (Å²) in [7, 11) is 0. The summed E-state index contributed by atoms with van der Waals surface area (Å²) in [4.78, 5) is 16.4. The van der Waals surface area contributed by atoms with E-state index in [0.29, 0.717) is 18.4 Å². The summed E-state index contributed by atoms with van der Waals surface area (Å²) in [6.07, 6.45) is 2.55. The molecule has 0 aliphatic heterocycles. The summed E-state index contributed by atoms with van der Waals surface area (Å²) < 4.78 is 40.5. The first-order valence-electron chi connectivity index (χ1n) is 7.79. The molecule has 1 heterocycles. The van der Waals surface area contributed by atoms with Crippen LogP contribution in [-0.2, 0) is 16.5 Å². The Labute approximate surface area is 137 Å². The molecule has 0 saturated heterocycles. The number of amides is 1. The molecule has 3 rings (SSSR count). The number of aromatic nitrogens is 2. The van der Waals surface area contributed by atoms with Crippen molar-refractivity contribution < 1.29 is 18.0 Å². The van der Waals surface area contributed by atoms with Gasteiger partial charge in [0.15, 0.2) is 0 Å². The van der Waals surface area contributed by atoms with Gasteiger partial charge in [0.25, 0.3) is 0 Å². The Morgan fingerprint density at radius 1 is 1.38 bits per heavy atom. The number of hydrogen-bond donors (Lipinski definition) is 1. The van der Waals surface area contributed by atoms with Crippen LogP contribution in [0.15, 0.2) is 43.0 Å². The minimum absolute atomic E-state index is 0.231. The van der Waals surface area contributed by atoms with Crippen molar-refractivity contribution in [1.82, 2.24) is 14.9 Å². The van der Waals surface area contributed by atoms with Crippen LogP contribution < -0.4 is 5.32 Å². The second kappa shape index (κ2) is 5.96. The van der Waals surface area contributed by atoms with Gasteiger partial charge in [-0.3, -0.25) is 4.79 Å². The highest BCUT2D eigenvalue weighted by atomic mass is 19.4. The molecule has 128 valence electrons.